The third-order valence-corrected chi connectivity index (χ3v) is 3.24. The summed E-state index contributed by atoms with van der Waals surface area (Å²) in [4.78, 5) is 0. The topological polar surface area (TPSA) is 90.9 Å². The van der Waals surface area contributed by atoms with E-state index in [-0.39, 0.29) is 6.04 Å². The second kappa shape index (κ2) is 7.70. The smallest absolute Gasteiger partial charge is 0.181 e. The first-order valence-electron chi connectivity index (χ1n) is 7.03. The number of nitrogens with zero attached hydrogens (tertiary/aromatic N) is 4. The zero-order chi connectivity index (χ0) is 15.1. The molecule has 0 amide bonds. The van der Waals surface area contributed by atoms with Crippen molar-refractivity contribution in [1.29, 1.82) is 0 Å². The molecule has 2 rings (SSSR count). The number of hydrogen-bond acceptors (Lipinski definition) is 6. The quantitative estimate of drug-likeness (QED) is 0.755. The molecule has 1 aromatic heterocycles. The molecule has 1 aromatic carbocycles. The lowest BCUT2D eigenvalue weighted by Gasteiger charge is -2.19. The minimum Gasteiger partial charge on any atom is -0.383 e. The van der Waals surface area contributed by atoms with Crippen molar-refractivity contribution in [2.75, 3.05) is 25.6 Å². The second-order valence-electron chi connectivity index (χ2n) is 4.93. The Hall–Kier alpha value is -1.99. The summed E-state index contributed by atoms with van der Waals surface area (Å²) in [6.07, 6.45) is 1.94. The molecule has 0 radical (unpaired) electrons. The SMILES string of the molecule is COCC(CCCN)Nc1cccc(-c2nnnn2C)c1. The molecule has 1 heterocycles. The third kappa shape index (κ3) is 4.24. The van der Waals surface area contributed by atoms with Gasteiger partial charge in [-0.2, -0.15) is 0 Å². The minimum absolute atomic E-state index is 0.242. The van der Waals surface area contributed by atoms with Crippen LogP contribution in [0.4, 0.5) is 5.69 Å². The van der Waals surface area contributed by atoms with Crippen LogP contribution in [0.15, 0.2) is 24.3 Å². The molecule has 0 aliphatic rings. The predicted octanol–water partition coefficient (Wildman–Crippen LogP) is 1.04. The van der Waals surface area contributed by atoms with E-state index in [9.17, 15) is 0 Å². The zero-order valence-electron chi connectivity index (χ0n) is 12.5. The Labute approximate surface area is 124 Å². The van der Waals surface area contributed by atoms with Gasteiger partial charge in [-0.15, -0.1) is 5.10 Å². The molecule has 7 heteroatoms. The van der Waals surface area contributed by atoms with Crippen LogP contribution in [0.1, 0.15) is 12.8 Å². The molecular formula is C14H22N6O. The van der Waals surface area contributed by atoms with E-state index in [2.05, 4.69) is 20.8 Å². The van der Waals surface area contributed by atoms with Gasteiger partial charge in [-0.3, -0.25) is 0 Å². The molecule has 114 valence electrons. The van der Waals surface area contributed by atoms with E-state index in [0.29, 0.717) is 13.2 Å². The lowest BCUT2D eigenvalue weighted by atomic mass is 10.1. The number of aryl methyl sites for hydroxylation is 1. The summed E-state index contributed by atoms with van der Waals surface area (Å²) in [6, 6.07) is 8.28. The number of nitrogens with one attached hydrogen (secondary N) is 1. The maximum atomic E-state index is 5.58. The molecule has 0 saturated heterocycles. The fourth-order valence-electron chi connectivity index (χ4n) is 2.22. The fourth-order valence-corrected chi connectivity index (χ4v) is 2.22. The maximum Gasteiger partial charge on any atom is 0.181 e. The summed E-state index contributed by atoms with van der Waals surface area (Å²) in [5, 5.41) is 15.0. The minimum atomic E-state index is 0.242. The zero-order valence-corrected chi connectivity index (χ0v) is 12.5. The lowest BCUT2D eigenvalue weighted by Crippen LogP contribution is -2.25. The van der Waals surface area contributed by atoms with Crippen LogP contribution in [0.25, 0.3) is 11.4 Å². The summed E-state index contributed by atoms with van der Waals surface area (Å²) < 4.78 is 6.91. The van der Waals surface area contributed by atoms with Crippen LogP contribution in [-0.4, -0.2) is 46.5 Å². The fraction of sp³-hybridized carbons (Fsp3) is 0.500. The molecule has 3 N–H and O–H groups in total. The molecule has 0 aliphatic carbocycles. The Bertz CT molecular complexity index is 556. The first-order chi connectivity index (χ1) is 10.2. The van der Waals surface area contributed by atoms with Gasteiger partial charge in [0.05, 0.1) is 6.61 Å². The van der Waals surface area contributed by atoms with E-state index in [4.69, 9.17) is 10.5 Å². The van der Waals surface area contributed by atoms with Crippen LogP contribution >= 0.6 is 0 Å². The first-order valence-corrected chi connectivity index (χ1v) is 7.03. The molecule has 1 atom stereocenters. The van der Waals surface area contributed by atoms with Crippen LogP contribution in [0.3, 0.4) is 0 Å². The Morgan fingerprint density at radius 3 is 2.95 bits per heavy atom. The number of methoxy groups -OCH3 is 1. The number of nitrogens with two attached hydrogens (primary N) is 1. The van der Waals surface area contributed by atoms with Gasteiger partial charge in [-0.05, 0) is 41.9 Å². The van der Waals surface area contributed by atoms with Crippen LogP contribution in [0, 0.1) is 0 Å². The van der Waals surface area contributed by atoms with Crippen LogP contribution in [-0.2, 0) is 11.8 Å². The van der Waals surface area contributed by atoms with Crippen molar-refractivity contribution in [3.05, 3.63) is 24.3 Å². The number of tetrazole rings is 1. The number of rotatable bonds is 8. The normalized spacial score (nSPS) is 12.3. The van der Waals surface area contributed by atoms with Gasteiger partial charge < -0.3 is 15.8 Å². The highest BCUT2D eigenvalue weighted by Crippen LogP contribution is 2.20. The summed E-state index contributed by atoms with van der Waals surface area (Å²) in [7, 11) is 3.53. The van der Waals surface area contributed by atoms with Crippen molar-refractivity contribution < 1.29 is 4.74 Å². The van der Waals surface area contributed by atoms with Crippen molar-refractivity contribution in [3.63, 3.8) is 0 Å². The molecular weight excluding hydrogens is 268 g/mol. The number of ether oxygens (including phenoxy) is 1. The van der Waals surface area contributed by atoms with Crippen LogP contribution < -0.4 is 11.1 Å². The van der Waals surface area contributed by atoms with E-state index < -0.39 is 0 Å². The highest BCUT2D eigenvalue weighted by Gasteiger charge is 2.10. The van der Waals surface area contributed by atoms with E-state index >= 15 is 0 Å². The maximum absolute atomic E-state index is 5.58. The highest BCUT2D eigenvalue weighted by atomic mass is 16.5. The monoisotopic (exact) mass is 290 g/mol. The Kier molecular flexibility index (Phi) is 5.65. The van der Waals surface area contributed by atoms with Crippen molar-refractivity contribution in [3.8, 4) is 11.4 Å². The van der Waals surface area contributed by atoms with Gasteiger partial charge in [-0.25, -0.2) is 4.68 Å². The number of benzene rings is 1. The third-order valence-electron chi connectivity index (χ3n) is 3.24. The molecule has 21 heavy (non-hydrogen) atoms. The Morgan fingerprint density at radius 1 is 1.43 bits per heavy atom. The second-order valence-corrected chi connectivity index (χ2v) is 4.93. The van der Waals surface area contributed by atoms with Gasteiger partial charge in [-0.1, -0.05) is 12.1 Å². The Morgan fingerprint density at radius 2 is 2.29 bits per heavy atom. The highest BCUT2D eigenvalue weighted by molar-refractivity contribution is 5.62. The molecule has 7 nitrogen and oxygen atoms in total. The summed E-state index contributed by atoms with van der Waals surface area (Å²) >= 11 is 0. The average Bonchev–Trinajstić information content (AvgIpc) is 2.91. The van der Waals surface area contributed by atoms with E-state index in [1.54, 1.807) is 11.8 Å². The van der Waals surface area contributed by atoms with Crippen molar-refractivity contribution in [2.24, 2.45) is 12.8 Å². The summed E-state index contributed by atoms with van der Waals surface area (Å²) in [5.41, 5.74) is 7.58. The van der Waals surface area contributed by atoms with E-state index in [0.717, 1.165) is 29.9 Å². The molecule has 0 aliphatic heterocycles. The molecule has 0 spiro atoms. The standard InChI is InChI=1S/C14H22N6O/c1-20-14(17-18-19-20)11-5-3-6-12(9-11)16-13(10-21-2)7-4-8-15/h3,5-6,9,13,16H,4,7-8,10,15H2,1-2H3. The number of aromatic nitrogens is 4. The largest absolute Gasteiger partial charge is 0.383 e. The van der Waals surface area contributed by atoms with E-state index in [1.807, 2.05) is 31.3 Å². The molecule has 0 fully saturated rings. The van der Waals surface area contributed by atoms with Gasteiger partial charge in [0.25, 0.3) is 0 Å². The van der Waals surface area contributed by atoms with Crippen molar-refractivity contribution in [2.45, 2.75) is 18.9 Å². The molecule has 2 aromatic rings. The molecule has 0 bridgehead atoms. The summed E-state index contributed by atoms with van der Waals surface area (Å²) in [6.45, 7) is 1.34. The number of hydrogen-bond donors (Lipinski definition) is 2. The van der Waals surface area contributed by atoms with Gasteiger partial charge >= 0.3 is 0 Å². The van der Waals surface area contributed by atoms with E-state index in [1.165, 1.54) is 0 Å². The molecule has 0 saturated carbocycles. The van der Waals surface area contributed by atoms with Gasteiger partial charge in [0.1, 0.15) is 0 Å². The lowest BCUT2D eigenvalue weighted by molar-refractivity contribution is 0.182. The number of anilines is 1. The van der Waals surface area contributed by atoms with Crippen molar-refractivity contribution in [1.82, 2.24) is 20.2 Å². The van der Waals surface area contributed by atoms with Crippen molar-refractivity contribution >= 4 is 5.69 Å². The summed E-state index contributed by atoms with van der Waals surface area (Å²) in [5.74, 6) is 0.740. The van der Waals surface area contributed by atoms with Gasteiger partial charge in [0.15, 0.2) is 5.82 Å². The average molecular weight is 290 g/mol. The predicted molar refractivity (Wildman–Crippen MR) is 81.8 cm³/mol. The molecule has 1 unspecified atom stereocenters. The van der Waals surface area contributed by atoms with Gasteiger partial charge in [0, 0.05) is 31.5 Å². The van der Waals surface area contributed by atoms with Crippen LogP contribution in [0.2, 0.25) is 0 Å². The van der Waals surface area contributed by atoms with Gasteiger partial charge in [0.2, 0.25) is 0 Å². The first kappa shape index (κ1) is 15.4. The Balaban J connectivity index is 2.11. The van der Waals surface area contributed by atoms with Crippen LogP contribution in [0.5, 0.6) is 0 Å².